The quantitative estimate of drug-likeness (QED) is 0.752. The smallest absolute Gasteiger partial charge is 0.282 e. The Morgan fingerprint density at radius 3 is 1.80 bits per heavy atom. The van der Waals surface area contributed by atoms with E-state index in [2.05, 4.69) is 4.40 Å². The van der Waals surface area contributed by atoms with E-state index < -0.39 is 10.0 Å². The van der Waals surface area contributed by atoms with E-state index in [9.17, 15) is 13.2 Å². The summed E-state index contributed by atoms with van der Waals surface area (Å²) in [5.74, 6) is 0.511. The molecule has 134 valence electrons. The largest absolute Gasteiger partial charge is 0.497 e. The van der Waals surface area contributed by atoms with E-state index in [-0.39, 0.29) is 28.2 Å². The van der Waals surface area contributed by atoms with Gasteiger partial charge in [0.1, 0.15) is 5.75 Å². The van der Waals surface area contributed by atoms with Crippen LogP contribution in [-0.4, -0.2) is 27.0 Å². The van der Waals surface area contributed by atoms with Crippen LogP contribution in [0.2, 0.25) is 0 Å². The van der Waals surface area contributed by atoms with Crippen molar-refractivity contribution in [2.75, 3.05) is 7.11 Å². The number of rotatable bonds is 5. The van der Waals surface area contributed by atoms with E-state index in [0.29, 0.717) is 16.9 Å². The topological polar surface area (TPSA) is 72.8 Å². The number of methoxy groups -OCH3 is 1. The molecule has 0 saturated heterocycles. The predicted octanol–water partition coefficient (Wildman–Crippen LogP) is 3.57. The first kappa shape index (κ1) is 19.1. The first-order chi connectivity index (χ1) is 11.7. The average Bonchev–Trinajstić information content (AvgIpc) is 2.55. The summed E-state index contributed by atoms with van der Waals surface area (Å²) in [6, 6.07) is 6.04. The van der Waals surface area contributed by atoms with Crippen LogP contribution < -0.4 is 4.74 Å². The second kappa shape index (κ2) is 7.35. The van der Waals surface area contributed by atoms with Crippen molar-refractivity contribution in [3.8, 4) is 5.75 Å². The van der Waals surface area contributed by atoms with Crippen LogP contribution in [0.15, 0.2) is 56.9 Å². The molecule has 25 heavy (non-hydrogen) atoms. The van der Waals surface area contributed by atoms with Crippen LogP contribution in [0.25, 0.3) is 0 Å². The highest BCUT2D eigenvalue weighted by molar-refractivity contribution is 7.90. The monoisotopic (exact) mass is 361 g/mol. The molecule has 5 nitrogen and oxygen atoms in total. The molecule has 0 spiro atoms. The van der Waals surface area contributed by atoms with Crippen LogP contribution in [0, 0.1) is 11.8 Å². The molecular weight excluding hydrogens is 338 g/mol. The summed E-state index contributed by atoms with van der Waals surface area (Å²) >= 11 is 0. The van der Waals surface area contributed by atoms with Crippen molar-refractivity contribution in [3.63, 3.8) is 0 Å². The molecule has 0 heterocycles. The number of allylic oxidation sites excluding steroid dienone is 4. The molecule has 0 aromatic heterocycles. The lowest BCUT2D eigenvalue weighted by molar-refractivity contribution is -0.113. The Labute approximate surface area is 149 Å². The Morgan fingerprint density at radius 2 is 1.40 bits per heavy atom. The van der Waals surface area contributed by atoms with Gasteiger partial charge in [-0.25, -0.2) is 0 Å². The maximum Gasteiger partial charge on any atom is 0.282 e. The molecule has 1 aliphatic rings. The summed E-state index contributed by atoms with van der Waals surface area (Å²) in [7, 11) is -2.36. The number of hydrogen-bond acceptors (Lipinski definition) is 4. The van der Waals surface area contributed by atoms with Crippen LogP contribution in [0.3, 0.4) is 0 Å². The molecule has 0 saturated carbocycles. The second-order valence-electron chi connectivity index (χ2n) is 6.50. The third-order valence-electron chi connectivity index (χ3n) is 3.96. The maximum absolute atomic E-state index is 12.6. The van der Waals surface area contributed by atoms with Gasteiger partial charge in [0.2, 0.25) is 0 Å². The Kier molecular flexibility index (Phi) is 5.62. The third-order valence-corrected chi connectivity index (χ3v) is 5.28. The molecule has 0 radical (unpaired) electrons. The summed E-state index contributed by atoms with van der Waals surface area (Å²) in [6.07, 6.45) is 3.14. The van der Waals surface area contributed by atoms with Gasteiger partial charge in [-0.05, 0) is 48.3 Å². The Balaban J connectivity index is 2.50. The van der Waals surface area contributed by atoms with Gasteiger partial charge in [-0.1, -0.05) is 27.7 Å². The predicted molar refractivity (Wildman–Crippen MR) is 98.5 cm³/mol. The van der Waals surface area contributed by atoms with Gasteiger partial charge in [0.25, 0.3) is 10.0 Å². The zero-order chi connectivity index (χ0) is 18.8. The Morgan fingerprint density at radius 1 is 0.920 bits per heavy atom. The van der Waals surface area contributed by atoms with Crippen LogP contribution in [0.1, 0.15) is 27.7 Å². The van der Waals surface area contributed by atoms with Gasteiger partial charge in [-0.2, -0.15) is 12.8 Å². The molecule has 2 rings (SSSR count). The van der Waals surface area contributed by atoms with Gasteiger partial charge in [0.15, 0.2) is 5.78 Å². The Hall–Kier alpha value is -2.21. The minimum atomic E-state index is -3.87. The molecule has 0 bridgehead atoms. The minimum absolute atomic E-state index is 0.0103. The minimum Gasteiger partial charge on any atom is -0.497 e. The summed E-state index contributed by atoms with van der Waals surface area (Å²) in [5.41, 5.74) is 1.44. The number of nitrogens with zero attached hydrogens (tertiary/aromatic N) is 1. The van der Waals surface area contributed by atoms with Gasteiger partial charge < -0.3 is 4.74 Å². The first-order valence-electron chi connectivity index (χ1n) is 8.12. The fourth-order valence-electron chi connectivity index (χ4n) is 2.51. The van der Waals surface area contributed by atoms with Gasteiger partial charge in [0.05, 0.1) is 17.7 Å². The number of ether oxygens (including phenoxy) is 1. The molecule has 0 atom stereocenters. The molecule has 0 amide bonds. The number of Topliss-reactive ketones (excluding diaryl/α,β-unsaturated/α-hetero) is 1. The lowest BCUT2D eigenvalue weighted by Gasteiger charge is -2.20. The highest BCUT2D eigenvalue weighted by Gasteiger charge is 2.25. The molecular formula is C19H23NO4S. The van der Waals surface area contributed by atoms with Crippen molar-refractivity contribution in [3.05, 3.63) is 47.6 Å². The number of sulfonamides is 1. The molecule has 1 aliphatic carbocycles. The van der Waals surface area contributed by atoms with E-state index in [0.717, 1.165) is 0 Å². The molecule has 0 fully saturated rings. The lowest BCUT2D eigenvalue weighted by Crippen LogP contribution is -2.21. The summed E-state index contributed by atoms with van der Waals surface area (Å²) in [6.45, 7) is 7.62. The molecule has 6 heteroatoms. The van der Waals surface area contributed by atoms with Gasteiger partial charge >= 0.3 is 0 Å². The van der Waals surface area contributed by atoms with Crippen molar-refractivity contribution in [1.29, 1.82) is 0 Å². The highest BCUT2D eigenvalue weighted by Crippen LogP contribution is 2.26. The second-order valence-corrected chi connectivity index (χ2v) is 8.11. The number of hydrogen-bond donors (Lipinski definition) is 0. The fraction of sp³-hybridized carbons (Fsp3) is 0.368. The average molecular weight is 361 g/mol. The number of benzene rings is 1. The number of ketones is 1. The summed E-state index contributed by atoms with van der Waals surface area (Å²) < 4.78 is 34.1. The standard InChI is InChI=1S/C19H23NO4S/c1-12(2)17-10-14(11-18(13(3)4)19(17)21)20-25(22,23)16-8-6-15(24-5)7-9-16/h6-13H,1-5H3. The number of carbonyl (C=O) groups excluding carboxylic acids is 1. The van der Waals surface area contributed by atoms with E-state index in [1.165, 1.54) is 19.2 Å². The molecule has 1 aromatic carbocycles. The zero-order valence-electron chi connectivity index (χ0n) is 15.1. The van der Waals surface area contributed by atoms with Crippen molar-refractivity contribution < 1.29 is 17.9 Å². The SMILES string of the molecule is COc1ccc(S(=O)(=O)N=C2C=C(C(C)C)C(=O)C(C(C)C)=C2)cc1. The summed E-state index contributed by atoms with van der Waals surface area (Å²) in [5, 5.41) is 0. The maximum atomic E-state index is 12.6. The van der Waals surface area contributed by atoms with Crippen molar-refractivity contribution in [2.45, 2.75) is 32.6 Å². The van der Waals surface area contributed by atoms with Crippen molar-refractivity contribution in [1.82, 2.24) is 0 Å². The van der Waals surface area contributed by atoms with Crippen molar-refractivity contribution >= 4 is 21.5 Å². The lowest BCUT2D eigenvalue weighted by atomic mass is 9.84. The molecule has 0 N–H and O–H groups in total. The highest BCUT2D eigenvalue weighted by atomic mass is 32.2. The zero-order valence-corrected chi connectivity index (χ0v) is 15.9. The van der Waals surface area contributed by atoms with Gasteiger partial charge in [-0.15, -0.1) is 0 Å². The van der Waals surface area contributed by atoms with Crippen LogP contribution in [-0.2, 0) is 14.8 Å². The van der Waals surface area contributed by atoms with Gasteiger partial charge in [-0.3, -0.25) is 4.79 Å². The van der Waals surface area contributed by atoms with E-state index in [4.69, 9.17) is 4.74 Å². The molecule has 0 unspecified atom stereocenters. The van der Waals surface area contributed by atoms with E-state index in [1.54, 1.807) is 24.3 Å². The number of carbonyl (C=O) groups is 1. The normalized spacial score (nSPS) is 15.3. The fourth-order valence-corrected chi connectivity index (χ4v) is 3.48. The van der Waals surface area contributed by atoms with Crippen LogP contribution in [0.5, 0.6) is 5.75 Å². The molecule has 0 aliphatic heterocycles. The summed E-state index contributed by atoms with van der Waals surface area (Å²) in [4.78, 5) is 12.6. The van der Waals surface area contributed by atoms with Crippen LogP contribution >= 0.6 is 0 Å². The Bertz CT molecular complexity index is 827. The van der Waals surface area contributed by atoms with Crippen molar-refractivity contribution in [2.24, 2.45) is 16.2 Å². The van der Waals surface area contributed by atoms with E-state index >= 15 is 0 Å². The first-order valence-corrected chi connectivity index (χ1v) is 9.56. The third kappa shape index (κ3) is 4.25. The van der Waals surface area contributed by atoms with Gasteiger partial charge in [0, 0.05) is 11.1 Å². The van der Waals surface area contributed by atoms with Crippen LogP contribution in [0.4, 0.5) is 0 Å². The van der Waals surface area contributed by atoms with E-state index in [1.807, 2.05) is 27.7 Å². The molecule has 1 aromatic rings.